The van der Waals surface area contributed by atoms with Crippen LogP contribution in [0.2, 0.25) is 0 Å². The highest BCUT2D eigenvalue weighted by molar-refractivity contribution is 7.47. The third-order valence-electron chi connectivity index (χ3n) is 9.20. The van der Waals surface area contributed by atoms with Crippen LogP contribution in [0.5, 0.6) is 0 Å². The van der Waals surface area contributed by atoms with Gasteiger partial charge in [-0.25, -0.2) is 4.57 Å². The number of hydrogen-bond acceptors (Lipinski definition) is 6. The van der Waals surface area contributed by atoms with Gasteiger partial charge in [0.15, 0.2) is 0 Å². The standard InChI is InChI=1S/C43H81N2O6P/c1-3-5-7-9-11-13-15-17-19-20-21-22-23-25-27-29-31-33-35-37-43(47)45-41(40-51-52(48,49)50-39-38-44)42(46)36-34-32-30-28-26-24-18-16-14-12-10-8-6-4-2/h5,7,11,13,17,19,21-22,41-42,46H,3-4,6,8-10,12,14-16,18,20,23-40,44H2,1-2H3,(H,45,47)(H,48,49)/b7-5-,13-11-,19-17-,22-21-. The summed E-state index contributed by atoms with van der Waals surface area (Å²) in [6, 6.07) is -0.783. The molecule has 0 fully saturated rings. The number of nitrogens with two attached hydrogens (primary N) is 1. The van der Waals surface area contributed by atoms with E-state index in [-0.39, 0.29) is 25.7 Å². The van der Waals surface area contributed by atoms with Crippen molar-refractivity contribution in [2.75, 3.05) is 19.8 Å². The minimum atomic E-state index is -4.32. The molecule has 9 heteroatoms. The maximum Gasteiger partial charge on any atom is 0.472 e. The average Bonchev–Trinajstić information content (AvgIpc) is 3.13. The summed E-state index contributed by atoms with van der Waals surface area (Å²) in [6.07, 6.45) is 46.8. The molecule has 0 spiro atoms. The zero-order chi connectivity index (χ0) is 38.2. The van der Waals surface area contributed by atoms with Crippen LogP contribution >= 0.6 is 7.82 Å². The number of aliphatic hydroxyl groups excluding tert-OH is 1. The van der Waals surface area contributed by atoms with E-state index >= 15 is 0 Å². The van der Waals surface area contributed by atoms with Crippen LogP contribution in [0.15, 0.2) is 48.6 Å². The fourth-order valence-corrected chi connectivity index (χ4v) is 6.77. The average molecular weight is 753 g/mol. The van der Waals surface area contributed by atoms with Crippen molar-refractivity contribution in [3.05, 3.63) is 48.6 Å². The third-order valence-corrected chi connectivity index (χ3v) is 10.2. The molecule has 0 bridgehead atoms. The smallest absolute Gasteiger partial charge is 0.391 e. The first kappa shape index (κ1) is 50.5. The molecule has 3 atom stereocenters. The van der Waals surface area contributed by atoms with E-state index in [1.165, 1.54) is 83.5 Å². The van der Waals surface area contributed by atoms with E-state index in [4.69, 9.17) is 14.8 Å². The second-order valence-electron chi connectivity index (χ2n) is 14.2. The van der Waals surface area contributed by atoms with Gasteiger partial charge in [0.05, 0.1) is 25.4 Å². The first-order valence-electron chi connectivity index (χ1n) is 21.3. The van der Waals surface area contributed by atoms with Crippen molar-refractivity contribution in [3.8, 4) is 0 Å². The van der Waals surface area contributed by atoms with Gasteiger partial charge < -0.3 is 21.1 Å². The van der Waals surface area contributed by atoms with Gasteiger partial charge in [-0.3, -0.25) is 13.8 Å². The Balaban J connectivity index is 4.21. The molecule has 0 heterocycles. The monoisotopic (exact) mass is 753 g/mol. The molecule has 5 N–H and O–H groups in total. The normalized spacial score (nSPS) is 14.6. The molecule has 0 radical (unpaired) electrons. The molecule has 52 heavy (non-hydrogen) atoms. The number of hydrogen-bond donors (Lipinski definition) is 4. The molecule has 0 aromatic heterocycles. The number of carbonyl (C=O) groups is 1. The van der Waals surface area contributed by atoms with Crippen LogP contribution in [-0.4, -0.2) is 47.8 Å². The number of phosphoric ester groups is 1. The SMILES string of the molecule is CC/C=C\C/C=C\C/C=C\C/C=C\CCCCCCCCC(=O)NC(COP(=O)(O)OCCN)C(O)CCCCCCCCCCCCCCCC. The minimum absolute atomic E-state index is 0.0844. The Kier molecular flexibility index (Phi) is 38.0. The number of rotatable bonds is 39. The van der Waals surface area contributed by atoms with Crippen LogP contribution < -0.4 is 11.1 Å². The second-order valence-corrected chi connectivity index (χ2v) is 15.6. The van der Waals surface area contributed by atoms with Crippen LogP contribution in [0.25, 0.3) is 0 Å². The lowest BCUT2D eigenvalue weighted by Crippen LogP contribution is -2.46. The van der Waals surface area contributed by atoms with Gasteiger partial charge >= 0.3 is 7.82 Å². The van der Waals surface area contributed by atoms with E-state index < -0.39 is 20.0 Å². The second kappa shape index (κ2) is 39.2. The lowest BCUT2D eigenvalue weighted by molar-refractivity contribution is -0.123. The van der Waals surface area contributed by atoms with Crippen LogP contribution in [0.1, 0.15) is 187 Å². The highest BCUT2D eigenvalue weighted by Crippen LogP contribution is 2.43. The third kappa shape index (κ3) is 36.8. The summed E-state index contributed by atoms with van der Waals surface area (Å²) >= 11 is 0. The summed E-state index contributed by atoms with van der Waals surface area (Å²) in [5.74, 6) is -0.177. The highest BCUT2D eigenvalue weighted by atomic mass is 31.2. The summed E-state index contributed by atoms with van der Waals surface area (Å²) < 4.78 is 22.2. The molecule has 0 aliphatic heterocycles. The summed E-state index contributed by atoms with van der Waals surface area (Å²) in [5.41, 5.74) is 5.37. The molecular weight excluding hydrogens is 671 g/mol. The maximum absolute atomic E-state index is 12.8. The fraction of sp³-hybridized carbons (Fsp3) is 0.791. The summed E-state index contributed by atoms with van der Waals surface area (Å²) in [6.45, 7) is 4.08. The quantitative estimate of drug-likeness (QED) is 0.0279. The van der Waals surface area contributed by atoms with Crippen molar-refractivity contribution < 1.29 is 28.4 Å². The van der Waals surface area contributed by atoms with Gasteiger partial charge in [0.25, 0.3) is 0 Å². The van der Waals surface area contributed by atoms with Crippen molar-refractivity contribution in [2.24, 2.45) is 5.73 Å². The first-order valence-corrected chi connectivity index (χ1v) is 22.7. The van der Waals surface area contributed by atoms with Crippen molar-refractivity contribution in [3.63, 3.8) is 0 Å². The first-order chi connectivity index (χ1) is 25.4. The van der Waals surface area contributed by atoms with Crippen molar-refractivity contribution in [2.45, 2.75) is 199 Å². The number of allylic oxidation sites excluding steroid dienone is 8. The predicted molar refractivity (Wildman–Crippen MR) is 221 cm³/mol. The van der Waals surface area contributed by atoms with Crippen LogP contribution in [0.4, 0.5) is 0 Å². The Hall–Kier alpha value is -1.54. The Morgan fingerprint density at radius 3 is 1.63 bits per heavy atom. The van der Waals surface area contributed by atoms with E-state index in [2.05, 4.69) is 67.8 Å². The number of amides is 1. The maximum atomic E-state index is 12.8. The van der Waals surface area contributed by atoms with Gasteiger partial charge in [0, 0.05) is 13.0 Å². The van der Waals surface area contributed by atoms with Gasteiger partial charge in [-0.05, 0) is 51.4 Å². The number of phosphoric acid groups is 1. The molecule has 1 amide bonds. The summed E-state index contributed by atoms with van der Waals surface area (Å²) in [5, 5.41) is 13.8. The van der Waals surface area contributed by atoms with E-state index in [0.717, 1.165) is 77.0 Å². The Bertz CT molecular complexity index is 954. The lowest BCUT2D eigenvalue weighted by Gasteiger charge is -2.25. The Morgan fingerprint density at radius 2 is 1.12 bits per heavy atom. The molecular formula is C43H81N2O6P. The van der Waals surface area contributed by atoms with Crippen molar-refractivity contribution >= 4 is 13.7 Å². The van der Waals surface area contributed by atoms with E-state index in [1.54, 1.807) is 0 Å². The van der Waals surface area contributed by atoms with Gasteiger partial charge in [-0.2, -0.15) is 0 Å². The molecule has 0 aromatic rings. The molecule has 3 unspecified atom stereocenters. The zero-order valence-electron chi connectivity index (χ0n) is 33.5. The number of nitrogens with one attached hydrogen (secondary N) is 1. The molecule has 304 valence electrons. The topological polar surface area (TPSA) is 131 Å². The van der Waals surface area contributed by atoms with Gasteiger partial charge in [0.1, 0.15) is 0 Å². The Labute approximate surface area is 320 Å². The molecule has 0 aliphatic carbocycles. The Morgan fingerprint density at radius 1 is 0.654 bits per heavy atom. The molecule has 0 aliphatic rings. The van der Waals surface area contributed by atoms with Crippen molar-refractivity contribution in [1.82, 2.24) is 5.32 Å². The van der Waals surface area contributed by atoms with Gasteiger partial charge in [-0.15, -0.1) is 0 Å². The van der Waals surface area contributed by atoms with Crippen LogP contribution in [0, 0.1) is 0 Å². The van der Waals surface area contributed by atoms with Crippen LogP contribution in [-0.2, 0) is 18.4 Å². The summed E-state index contributed by atoms with van der Waals surface area (Å²) in [4.78, 5) is 22.7. The van der Waals surface area contributed by atoms with E-state index in [0.29, 0.717) is 12.8 Å². The van der Waals surface area contributed by atoms with Crippen LogP contribution in [0.3, 0.4) is 0 Å². The summed E-state index contributed by atoms with van der Waals surface area (Å²) in [7, 11) is -4.32. The fourth-order valence-electron chi connectivity index (χ4n) is 6.01. The number of aliphatic hydroxyl groups is 1. The van der Waals surface area contributed by atoms with E-state index in [1.807, 2.05) is 0 Å². The van der Waals surface area contributed by atoms with E-state index in [9.17, 15) is 19.4 Å². The highest BCUT2D eigenvalue weighted by Gasteiger charge is 2.27. The molecule has 8 nitrogen and oxygen atoms in total. The zero-order valence-corrected chi connectivity index (χ0v) is 34.4. The number of unbranched alkanes of at least 4 members (excludes halogenated alkanes) is 19. The predicted octanol–water partition coefficient (Wildman–Crippen LogP) is 11.7. The van der Waals surface area contributed by atoms with Crippen molar-refractivity contribution in [1.29, 1.82) is 0 Å². The van der Waals surface area contributed by atoms with Gasteiger partial charge in [-0.1, -0.05) is 178 Å². The minimum Gasteiger partial charge on any atom is -0.391 e. The molecule has 0 aromatic carbocycles. The number of carbonyl (C=O) groups excluding carboxylic acids is 1. The molecule has 0 saturated heterocycles. The van der Waals surface area contributed by atoms with Gasteiger partial charge in [0.2, 0.25) is 5.91 Å². The largest absolute Gasteiger partial charge is 0.472 e. The lowest BCUT2D eigenvalue weighted by atomic mass is 10.0. The molecule has 0 saturated carbocycles. The molecule has 0 rings (SSSR count).